The van der Waals surface area contributed by atoms with Crippen LogP contribution in [0.1, 0.15) is 5.56 Å². The Labute approximate surface area is 118 Å². The minimum atomic E-state index is -0.764. The van der Waals surface area contributed by atoms with Crippen molar-refractivity contribution in [1.82, 2.24) is 24.5 Å². The van der Waals surface area contributed by atoms with Gasteiger partial charge in [-0.05, 0) is 18.6 Å². The van der Waals surface area contributed by atoms with Crippen molar-refractivity contribution in [2.75, 3.05) is 5.73 Å². The van der Waals surface area contributed by atoms with E-state index in [0.717, 1.165) is 6.07 Å². The first-order valence-electron chi connectivity index (χ1n) is 6.01. The maximum atomic E-state index is 14.2. The number of nitrogens with zero attached hydrogens (tertiary/aromatic N) is 5. The maximum Gasteiger partial charge on any atom is 0.240 e. The molecule has 6 nitrogen and oxygen atoms in total. The molecule has 2 heterocycles. The number of hydrogen-bond acceptors (Lipinski definition) is 5. The molecular formula is C13H10F2N6. The highest BCUT2D eigenvalue weighted by molar-refractivity contribution is 5.59. The first-order chi connectivity index (χ1) is 10.1. The van der Waals surface area contributed by atoms with Gasteiger partial charge in [0.05, 0.1) is 5.56 Å². The minimum Gasteiger partial charge on any atom is -0.368 e. The number of nitrogen functional groups attached to an aromatic ring is 1. The molecule has 0 amide bonds. The van der Waals surface area contributed by atoms with Crippen LogP contribution >= 0.6 is 0 Å². The molecule has 0 aliphatic rings. The van der Waals surface area contributed by atoms with E-state index in [1.54, 1.807) is 6.20 Å². The zero-order chi connectivity index (χ0) is 15.0. The van der Waals surface area contributed by atoms with Crippen LogP contribution in [0, 0.1) is 18.6 Å². The first kappa shape index (κ1) is 13.1. The van der Waals surface area contributed by atoms with Gasteiger partial charge in [0.15, 0.2) is 5.82 Å². The van der Waals surface area contributed by atoms with E-state index in [-0.39, 0.29) is 28.8 Å². The number of aryl methyl sites for hydroxylation is 1. The molecule has 0 unspecified atom stereocenters. The Bertz CT molecular complexity index is 801. The van der Waals surface area contributed by atoms with Crippen LogP contribution in [-0.2, 0) is 0 Å². The van der Waals surface area contributed by atoms with Crippen molar-refractivity contribution in [3.05, 3.63) is 48.1 Å². The molecule has 21 heavy (non-hydrogen) atoms. The Kier molecular flexibility index (Phi) is 3.05. The first-order valence-corrected chi connectivity index (χ1v) is 6.01. The third kappa shape index (κ3) is 2.31. The summed E-state index contributed by atoms with van der Waals surface area (Å²) >= 11 is 0. The summed E-state index contributed by atoms with van der Waals surface area (Å²) < 4.78 is 29.5. The van der Waals surface area contributed by atoms with Crippen LogP contribution in [-0.4, -0.2) is 24.5 Å². The van der Waals surface area contributed by atoms with E-state index in [2.05, 4.69) is 19.9 Å². The van der Waals surface area contributed by atoms with Gasteiger partial charge in [0, 0.05) is 12.4 Å². The summed E-state index contributed by atoms with van der Waals surface area (Å²) in [5.41, 5.74) is 5.56. The Morgan fingerprint density at radius 2 is 1.95 bits per heavy atom. The van der Waals surface area contributed by atoms with E-state index in [4.69, 9.17) is 5.73 Å². The summed E-state index contributed by atoms with van der Waals surface area (Å²) in [6, 6.07) is 2.50. The van der Waals surface area contributed by atoms with Gasteiger partial charge in [0.25, 0.3) is 0 Å². The van der Waals surface area contributed by atoms with E-state index in [1.807, 2.05) is 0 Å². The number of aromatic nitrogens is 5. The molecule has 1 aromatic carbocycles. The van der Waals surface area contributed by atoms with E-state index in [1.165, 1.54) is 30.1 Å². The average Bonchev–Trinajstić information content (AvgIpc) is 2.97. The van der Waals surface area contributed by atoms with Crippen molar-refractivity contribution in [3.63, 3.8) is 0 Å². The second-order valence-electron chi connectivity index (χ2n) is 4.34. The number of benzene rings is 1. The molecule has 0 saturated heterocycles. The lowest BCUT2D eigenvalue weighted by Gasteiger charge is -2.08. The number of rotatable bonds is 2. The van der Waals surface area contributed by atoms with Crippen molar-refractivity contribution < 1.29 is 8.78 Å². The molecule has 3 aromatic rings. The fourth-order valence-corrected chi connectivity index (χ4v) is 1.85. The van der Waals surface area contributed by atoms with Crippen molar-refractivity contribution in [1.29, 1.82) is 0 Å². The molecular weight excluding hydrogens is 278 g/mol. The van der Waals surface area contributed by atoms with Crippen LogP contribution < -0.4 is 5.73 Å². The molecule has 0 aliphatic carbocycles. The standard InChI is InChI=1S/C13H10F2N6/c1-7-2-3-8(14)9(10(7)15)11-18-12(16)20-13(19-11)21-5-4-17-6-21/h2-6H,1H3,(H2,16,18,19,20). The number of imidazole rings is 1. The predicted octanol–water partition coefficient (Wildman–Crippen LogP) is 1.89. The second kappa shape index (κ2) is 4.89. The smallest absolute Gasteiger partial charge is 0.240 e. The molecule has 0 spiro atoms. The van der Waals surface area contributed by atoms with Crippen LogP contribution in [0.25, 0.3) is 17.3 Å². The summed E-state index contributed by atoms with van der Waals surface area (Å²) in [5.74, 6) is -1.65. The van der Waals surface area contributed by atoms with Gasteiger partial charge < -0.3 is 5.73 Å². The summed E-state index contributed by atoms with van der Waals surface area (Å²) in [7, 11) is 0. The Morgan fingerprint density at radius 1 is 1.14 bits per heavy atom. The number of hydrogen-bond donors (Lipinski definition) is 1. The van der Waals surface area contributed by atoms with E-state index in [0.29, 0.717) is 0 Å². The summed E-state index contributed by atoms with van der Waals surface area (Å²) in [6.07, 6.45) is 4.55. The molecule has 0 radical (unpaired) electrons. The fourth-order valence-electron chi connectivity index (χ4n) is 1.85. The zero-order valence-corrected chi connectivity index (χ0v) is 11.0. The quantitative estimate of drug-likeness (QED) is 0.778. The normalized spacial score (nSPS) is 10.8. The number of halogens is 2. The summed E-state index contributed by atoms with van der Waals surface area (Å²) in [4.78, 5) is 15.6. The molecule has 0 saturated carbocycles. The van der Waals surface area contributed by atoms with Crippen molar-refractivity contribution >= 4 is 5.95 Å². The van der Waals surface area contributed by atoms with Crippen LogP contribution in [0.15, 0.2) is 30.9 Å². The largest absolute Gasteiger partial charge is 0.368 e. The number of nitrogens with two attached hydrogens (primary N) is 1. The lowest BCUT2D eigenvalue weighted by atomic mass is 10.1. The summed E-state index contributed by atoms with van der Waals surface area (Å²) in [5, 5.41) is 0. The van der Waals surface area contributed by atoms with Crippen molar-refractivity contribution in [2.45, 2.75) is 6.92 Å². The lowest BCUT2D eigenvalue weighted by molar-refractivity contribution is 0.581. The number of anilines is 1. The molecule has 2 aromatic heterocycles. The van der Waals surface area contributed by atoms with Gasteiger partial charge in [-0.1, -0.05) is 6.07 Å². The van der Waals surface area contributed by atoms with Crippen LogP contribution in [0.5, 0.6) is 0 Å². The third-order valence-electron chi connectivity index (χ3n) is 2.88. The molecule has 0 aliphatic heterocycles. The Balaban J connectivity index is 2.23. The second-order valence-corrected chi connectivity index (χ2v) is 4.34. The topological polar surface area (TPSA) is 82.5 Å². The van der Waals surface area contributed by atoms with E-state index >= 15 is 0 Å². The van der Waals surface area contributed by atoms with Crippen LogP contribution in [0.3, 0.4) is 0 Å². The lowest BCUT2D eigenvalue weighted by Crippen LogP contribution is -2.08. The van der Waals surface area contributed by atoms with Crippen LogP contribution in [0.4, 0.5) is 14.7 Å². The molecule has 2 N–H and O–H groups in total. The molecule has 0 bridgehead atoms. The van der Waals surface area contributed by atoms with Gasteiger partial charge in [0.2, 0.25) is 11.9 Å². The van der Waals surface area contributed by atoms with Gasteiger partial charge in [0.1, 0.15) is 18.0 Å². The van der Waals surface area contributed by atoms with Crippen molar-refractivity contribution in [2.24, 2.45) is 0 Å². The molecule has 3 rings (SSSR count). The van der Waals surface area contributed by atoms with Gasteiger partial charge in [-0.3, -0.25) is 4.57 Å². The third-order valence-corrected chi connectivity index (χ3v) is 2.88. The maximum absolute atomic E-state index is 14.2. The summed E-state index contributed by atoms with van der Waals surface area (Å²) in [6.45, 7) is 1.53. The van der Waals surface area contributed by atoms with Gasteiger partial charge in [-0.25, -0.2) is 13.8 Å². The fraction of sp³-hybridized carbons (Fsp3) is 0.0769. The van der Waals surface area contributed by atoms with E-state index in [9.17, 15) is 8.78 Å². The van der Waals surface area contributed by atoms with Gasteiger partial charge in [-0.2, -0.15) is 15.0 Å². The monoisotopic (exact) mass is 288 g/mol. The highest BCUT2D eigenvalue weighted by Crippen LogP contribution is 2.26. The zero-order valence-electron chi connectivity index (χ0n) is 11.0. The molecule has 0 fully saturated rings. The highest BCUT2D eigenvalue weighted by Gasteiger charge is 2.18. The predicted molar refractivity (Wildman–Crippen MR) is 71.5 cm³/mol. The molecule has 106 valence electrons. The van der Waals surface area contributed by atoms with Gasteiger partial charge in [-0.15, -0.1) is 0 Å². The average molecular weight is 288 g/mol. The minimum absolute atomic E-state index is 0.135. The van der Waals surface area contributed by atoms with Gasteiger partial charge >= 0.3 is 0 Å². The Hall–Kier alpha value is -2.90. The SMILES string of the molecule is Cc1ccc(F)c(-c2nc(N)nc(-n3ccnc3)n2)c1F. The van der Waals surface area contributed by atoms with E-state index < -0.39 is 11.6 Å². The van der Waals surface area contributed by atoms with Crippen molar-refractivity contribution in [3.8, 4) is 17.3 Å². The highest BCUT2D eigenvalue weighted by atomic mass is 19.1. The Morgan fingerprint density at radius 3 is 2.67 bits per heavy atom. The molecule has 8 heteroatoms. The molecule has 0 atom stereocenters. The van der Waals surface area contributed by atoms with Crippen LogP contribution in [0.2, 0.25) is 0 Å².